The van der Waals surface area contributed by atoms with Crippen LogP contribution in [0.5, 0.6) is 0 Å². The van der Waals surface area contributed by atoms with Crippen LogP contribution in [0, 0.1) is 0 Å². The maximum absolute atomic E-state index is 12.0. The van der Waals surface area contributed by atoms with Crippen molar-refractivity contribution < 1.29 is 15.0 Å². The summed E-state index contributed by atoms with van der Waals surface area (Å²) in [5.41, 5.74) is 2.63. The monoisotopic (exact) mass is 284 g/mol. The molecule has 0 aliphatic heterocycles. The van der Waals surface area contributed by atoms with Gasteiger partial charge in [0.1, 0.15) is 5.78 Å². The van der Waals surface area contributed by atoms with Crippen LogP contribution in [0.4, 0.5) is 0 Å². The van der Waals surface area contributed by atoms with Gasteiger partial charge in [-0.2, -0.15) is 0 Å². The normalized spacial score (nSPS) is 13.7. The van der Waals surface area contributed by atoms with Gasteiger partial charge in [0.15, 0.2) is 0 Å². The molecule has 0 saturated heterocycles. The molecule has 0 bridgehead atoms. The Morgan fingerprint density at radius 3 is 2.00 bits per heavy atom. The lowest BCUT2D eigenvalue weighted by molar-refractivity contribution is -0.117. The molecular weight excluding hydrogens is 264 g/mol. The number of carbonyl (C=O) groups is 1. The van der Waals surface area contributed by atoms with Gasteiger partial charge in [0.2, 0.25) is 0 Å². The van der Waals surface area contributed by atoms with E-state index < -0.39 is 6.10 Å². The molecule has 3 nitrogen and oxygen atoms in total. The average Bonchev–Trinajstić information content (AvgIpc) is 2.49. The van der Waals surface area contributed by atoms with Crippen molar-refractivity contribution in [3.8, 4) is 0 Å². The van der Waals surface area contributed by atoms with E-state index >= 15 is 0 Å². The molecule has 1 unspecified atom stereocenters. The van der Waals surface area contributed by atoms with Crippen molar-refractivity contribution in [2.45, 2.75) is 25.4 Å². The van der Waals surface area contributed by atoms with Gasteiger partial charge < -0.3 is 10.2 Å². The Bertz CT molecular complexity index is 575. The molecule has 0 aliphatic carbocycles. The number of aliphatic hydroxyl groups is 2. The van der Waals surface area contributed by atoms with Crippen LogP contribution in [0.2, 0.25) is 0 Å². The molecule has 0 aromatic heterocycles. The summed E-state index contributed by atoms with van der Waals surface area (Å²) >= 11 is 0. The van der Waals surface area contributed by atoms with Crippen molar-refractivity contribution in [3.05, 3.63) is 71.3 Å². The lowest BCUT2D eigenvalue weighted by Gasteiger charge is -2.16. The summed E-state index contributed by atoms with van der Waals surface area (Å²) in [4.78, 5) is 12.0. The van der Waals surface area contributed by atoms with Gasteiger partial charge in [-0.1, -0.05) is 54.6 Å². The van der Waals surface area contributed by atoms with E-state index in [1.807, 2.05) is 54.6 Å². The van der Waals surface area contributed by atoms with Crippen LogP contribution in [-0.4, -0.2) is 22.6 Å². The first-order valence-corrected chi connectivity index (χ1v) is 7.07. The molecule has 0 heterocycles. The molecule has 0 amide bonds. The summed E-state index contributed by atoms with van der Waals surface area (Å²) in [5.74, 6) is -0.194. The number of benzene rings is 2. The lowest BCUT2D eigenvalue weighted by Crippen LogP contribution is -2.10. The van der Waals surface area contributed by atoms with Crippen LogP contribution < -0.4 is 0 Å². The zero-order chi connectivity index (χ0) is 15.2. The molecule has 2 aromatic rings. The molecule has 2 N–H and O–H groups in total. The standard InChI is InChI=1S/C18H20O3/c1-13(20)18(15-5-3-2-4-6-15)16-9-7-14(8-10-16)17(21)11-12-19/h2-10,17-19,21H,11-12H2,1H3/t17-,18?/m1/s1. The zero-order valence-electron chi connectivity index (χ0n) is 12.1. The highest BCUT2D eigenvalue weighted by atomic mass is 16.3. The van der Waals surface area contributed by atoms with Crippen molar-refractivity contribution in [2.24, 2.45) is 0 Å². The number of rotatable bonds is 6. The fourth-order valence-electron chi connectivity index (χ4n) is 2.51. The minimum absolute atomic E-state index is 0.0526. The Kier molecular flexibility index (Phi) is 5.26. The SMILES string of the molecule is CC(=O)C(c1ccccc1)c1ccc([C@H](O)CCO)cc1. The third-order valence-corrected chi connectivity index (χ3v) is 3.60. The second-order valence-electron chi connectivity index (χ2n) is 5.15. The van der Waals surface area contributed by atoms with Gasteiger partial charge >= 0.3 is 0 Å². The fraction of sp³-hybridized carbons (Fsp3) is 0.278. The average molecular weight is 284 g/mol. The molecule has 2 rings (SSSR count). The second-order valence-corrected chi connectivity index (χ2v) is 5.15. The highest BCUT2D eigenvalue weighted by molar-refractivity contribution is 5.86. The van der Waals surface area contributed by atoms with Gasteiger partial charge in [0.25, 0.3) is 0 Å². The minimum Gasteiger partial charge on any atom is -0.396 e. The third-order valence-electron chi connectivity index (χ3n) is 3.60. The van der Waals surface area contributed by atoms with Crippen molar-refractivity contribution in [1.82, 2.24) is 0 Å². The van der Waals surface area contributed by atoms with Crippen LogP contribution in [0.1, 0.15) is 42.1 Å². The summed E-state index contributed by atoms with van der Waals surface area (Å²) in [6, 6.07) is 17.0. The maximum atomic E-state index is 12.0. The molecule has 110 valence electrons. The predicted molar refractivity (Wildman–Crippen MR) is 82.1 cm³/mol. The molecule has 0 spiro atoms. The zero-order valence-corrected chi connectivity index (χ0v) is 12.1. The number of ketones is 1. The van der Waals surface area contributed by atoms with Crippen molar-refractivity contribution in [1.29, 1.82) is 0 Å². The molecule has 0 aliphatic rings. The molecule has 2 atom stereocenters. The molecule has 3 heteroatoms. The van der Waals surface area contributed by atoms with E-state index in [0.29, 0.717) is 6.42 Å². The van der Waals surface area contributed by atoms with E-state index in [2.05, 4.69) is 0 Å². The summed E-state index contributed by atoms with van der Waals surface area (Å²) in [5, 5.41) is 18.7. The van der Waals surface area contributed by atoms with E-state index in [1.165, 1.54) is 0 Å². The molecule has 0 saturated carbocycles. The van der Waals surface area contributed by atoms with Gasteiger partial charge in [0.05, 0.1) is 12.0 Å². The number of Topliss-reactive ketones (excluding diaryl/α,β-unsaturated/α-hetero) is 1. The number of hydrogen-bond donors (Lipinski definition) is 2. The molecule has 2 aromatic carbocycles. The third kappa shape index (κ3) is 3.78. The van der Waals surface area contributed by atoms with Crippen LogP contribution in [0.25, 0.3) is 0 Å². The topological polar surface area (TPSA) is 57.5 Å². The van der Waals surface area contributed by atoms with Crippen molar-refractivity contribution >= 4 is 5.78 Å². The number of carbonyl (C=O) groups excluding carboxylic acids is 1. The van der Waals surface area contributed by atoms with Crippen LogP contribution >= 0.6 is 0 Å². The highest BCUT2D eigenvalue weighted by Gasteiger charge is 2.19. The fourth-order valence-corrected chi connectivity index (χ4v) is 2.51. The Balaban J connectivity index is 2.28. The van der Waals surface area contributed by atoms with E-state index in [9.17, 15) is 9.90 Å². The van der Waals surface area contributed by atoms with E-state index in [4.69, 9.17) is 5.11 Å². The van der Waals surface area contributed by atoms with Crippen molar-refractivity contribution in [2.75, 3.05) is 6.61 Å². The number of aliphatic hydroxyl groups excluding tert-OH is 2. The largest absolute Gasteiger partial charge is 0.396 e. The summed E-state index contributed by atoms with van der Waals surface area (Å²) in [6.45, 7) is 1.54. The van der Waals surface area contributed by atoms with Crippen molar-refractivity contribution in [3.63, 3.8) is 0 Å². The summed E-state index contributed by atoms with van der Waals surface area (Å²) < 4.78 is 0. The Labute approximate surface area is 124 Å². The van der Waals surface area contributed by atoms with Gasteiger partial charge in [0, 0.05) is 13.0 Å². The molecule has 0 fully saturated rings. The Morgan fingerprint density at radius 2 is 1.48 bits per heavy atom. The Hall–Kier alpha value is -1.97. The van der Waals surface area contributed by atoms with Gasteiger partial charge in [-0.25, -0.2) is 0 Å². The van der Waals surface area contributed by atoms with Crippen LogP contribution in [-0.2, 0) is 4.79 Å². The first kappa shape index (κ1) is 15.4. The first-order valence-electron chi connectivity index (χ1n) is 7.07. The van der Waals surface area contributed by atoms with Crippen LogP contribution in [0.15, 0.2) is 54.6 Å². The van der Waals surface area contributed by atoms with Crippen LogP contribution in [0.3, 0.4) is 0 Å². The maximum Gasteiger partial charge on any atom is 0.141 e. The minimum atomic E-state index is -0.670. The van der Waals surface area contributed by atoms with Gasteiger partial charge in [-0.05, 0) is 23.6 Å². The molecular formula is C18H20O3. The second kappa shape index (κ2) is 7.16. The van der Waals surface area contributed by atoms with Gasteiger partial charge in [-0.15, -0.1) is 0 Å². The van der Waals surface area contributed by atoms with Gasteiger partial charge in [-0.3, -0.25) is 4.79 Å². The van der Waals surface area contributed by atoms with E-state index in [0.717, 1.165) is 16.7 Å². The molecule has 21 heavy (non-hydrogen) atoms. The summed E-state index contributed by atoms with van der Waals surface area (Å²) in [7, 11) is 0. The lowest BCUT2D eigenvalue weighted by atomic mass is 9.87. The smallest absolute Gasteiger partial charge is 0.141 e. The quantitative estimate of drug-likeness (QED) is 0.857. The first-order chi connectivity index (χ1) is 10.1. The van der Waals surface area contributed by atoms with E-state index in [-0.39, 0.29) is 18.3 Å². The highest BCUT2D eigenvalue weighted by Crippen LogP contribution is 2.27. The summed E-state index contributed by atoms with van der Waals surface area (Å²) in [6.07, 6.45) is -0.356. The Morgan fingerprint density at radius 1 is 0.952 bits per heavy atom. The predicted octanol–water partition coefficient (Wildman–Crippen LogP) is 2.82. The van der Waals surface area contributed by atoms with E-state index in [1.54, 1.807) is 6.92 Å². The molecule has 0 radical (unpaired) electrons. The number of hydrogen-bond acceptors (Lipinski definition) is 3.